The number of benzene rings is 2. The van der Waals surface area contributed by atoms with E-state index in [1.165, 1.54) is 19.3 Å². The second kappa shape index (κ2) is 11.4. The molecule has 2 N–H and O–H groups in total. The van der Waals surface area contributed by atoms with Gasteiger partial charge in [0, 0.05) is 30.1 Å². The van der Waals surface area contributed by atoms with Crippen LogP contribution in [0.25, 0.3) is 11.6 Å². The van der Waals surface area contributed by atoms with Crippen molar-refractivity contribution >= 4 is 39.7 Å². The predicted octanol–water partition coefficient (Wildman–Crippen LogP) is 5.31. The van der Waals surface area contributed by atoms with Gasteiger partial charge in [0.2, 0.25) is 6.17 Å². The van der Waals surface area contributed by atoms with Crippen LogP contribution in [0.4, 0.5) is 16.7 Å². The third-order valence-electron chi connectivity index (χ3n) is 7.76. The van der Waals surface area contributed by atoms with Crippen LogP contribution in [0, 0.1) is 0 Å². The number of rotatable bonds is 6. The van der Waals surface area contributed by atoms with Gasteiger partial charge in [-0.25, -0.2) is 9.98 Å². The standard InChI is InChI=1S/C30H31N7O3S/c38-26-25(32-23(19-9-3-1-4-10-19)21-13-7-8-14-22(21)31-26)34-30-36-35-27(40-30)24-29(37-15-17-39-18-16-37)41-28(33-24)20-11-5-2-6-12-20/h1,3-4,7-10,13-14,20,25H,2,5-6,11-12,15-18H2,(H,31,38)(H,34,36)/t25-/m1/s1. The number of hydrogen-bond donors (Lipinski definition) is 2. The molecule has 4 heterocycles. The summed E-state index contributed by atoms with van der Waals surface area (Å²) in [6, 6.07) is 17.6. The Bertz CT molecular complexity index is 1560. The van der Waals surface area contributed by atoms with Gasteiger partial charge in [0.05, 0.1) is 29.6 Å². The normalized spacial score (nSPS) is 19.7. The van der Waals surface area contributed by atoms with Crippen LogP contribution in [0.3, 0.4) is 0 Å². The first-order valence-corrected chi connectivity index (χ1v) is 15.0. The molecular weight excluding hydrogens is 538 g/mol. The molecule has 3 aliphatic rings. The van der Waals surface area contributed by atoms with Crippen molar-refractivity contribution in [2.24, 2.45) is 4.99 Å². The fraction of sp³-hybridized carbons (Fsp3) is 0.367. The maximum atomic E-state index is 13.3. The van der Waals surface area contributed by atoms with Gasteiger partial charge < -0.3 is 24.7 Å². The molecule has 1 saturated carbocycles. The van der Waals surface area contributed by atoms with Gasteiger partial charge in [-0.2, -0.15) is 0 Å². The summed E-state index contributed by atoms with van der Waals surface area (Å²) in [6.07, 6.45) is 5.11. The van der Waals surface area contributed by atoms with E-state index in [1.807, 2.05) is 54.6 Å². The summed E-state index contributed by atoms with van der Waals surface area (Å²) in [4.78, 5) is 25.5. The molecule has 41 heavy (non-hydrogen) atoms. The number of nitrogens with one attached hydrogen (secondary N) is 2. The Morgan fingerprint density at radius 3 is 2.56 bits per heavy atom. The van der Waals surface area contributed by atoms with Gasteiger partial charge in [0.15, 0.2) is 5.69 Å². The minimum absolute atomic E-state index is 0.113. The van der Waals surface area contributed by atoms with E-state index in [9.17, 15) is 4.79 Å². The Hall–Kier alpha value is -4.09. The molecule has 1 amide bonds. The van der Waals surface area contributed by atoms with E-state index >= 15 is 0 Å². The second-order valence-electron chi connectivity index (χ2n) is 10.5. The first-order chi connectivity index (χ1) is 20.2. The van der Waals surface area contributed by atoms with Crippen LogP contribution in [0.1, 0.15) is 54.2 Å². The Morgan fingerprint density at radius 1 is 0.951 bits per heavy atom. The number of amides is 1. The van der Waals surface area contributed by atoms with E-state index in [0.717, 1.165) is 47.1 Å². The molecule has 1 aliphatic carbocycles. The average Bonchev–Trinajstić information content (AvgIpc) is 3.65. The van der Waals surface area contributed by atoms with Crippen LogP contribution in [0.15, 0.2) is 64.0 Å². The lowest BCUT2D eigenvalue weighted by Gasteiger charge is -2.27. The van der Waals surface area contributed by atoms with Gasteiger partial charge in [-0.15, -0.1) is 16.4 Å². The summed E-state index contributed by atoms with van der Waals surface area (Å²) < 4.78 is 11.7. The molecule has 0 bridgehead atoms. The van der Waals surface area contributed by atoms with Crippen molar-refractivity contribution in [3.8, 4) is 11.6 Å². The Kier molecular flexibility index (Phi) is 7.20. The Balaban J connectivity index is 1.20. The van der Waals surface area contributed by atoms with Crippen LogP contribution in [-0.2, 0) is 9.53 Å². The second-order valence-corrected chi connectivity index (χ2v) is 11.5. The molecule has 4 aromatic rings. The summed E-state index contributed by atoms with van der Waals surface area (Å²) in [5.74, 6) is 0.479. The van der Waals surface area contributed by atoms with Crippen molar-refractivity contribution in [3.63, 3.8) is 0 Å². The molecule has 2 aliphatic heterocycles. The van der Waals surface area contributed by atoms with Crippen molar-refractivity contribution in [2.75, 3.05) is 41.8 Å². The predicted molar refractivity (Wildman–Crippen MR) is 159 cm³/mol. The lowest BCUT2D eigenvalue weighted by atomic mass is 9.90. The van der Waals surface area contributed by atoms with Gasteiger partial charge in [-0.05, 0) is 18.9 Å². The number of hydrogen-bond acceptors (Lipinski definition) is 10. The summed E-state index contributed by atoms with van der Waals surface area (Å²) in [6.45, 7) is 2.93. The molecule has 7 rings (SSSR count). The van der Waals surface area contributed by atoms with E-state index in [4.69, 9.17) is 19.1 Å². The van der Waals surface area contributed by atoms with Crippen LogP contribution >= 0.6 is 11.3 Å². The highest BCUT2D eigenvalue weighted by Crippen LogP contribution is 2.43. The maximum Gasteiger partial charge on any atom is 0.317 e. The first-order valence-electron chi connectivity index (χ1n) is 14.2. The summed E-state index contributed by atoms with van der Waals surface area (Å²) in [5, 5.41) is 16.8. The fourth-order valence-corrected chi connectivity index (χ4v) is 6.93. The molecule has 0 unspecified atom stereocenters. The number of nitrogens with zero attached hydrogens (tertiary/aromatic N) is 5. The van der Waals surface area contributed by atoms with E-state index in [2.05, 4.69) is 25.7 Å². The van der Waals surface area contributed by atoms with E-state index in [-0.39, 0.29) is 11.9 Å². The van der Waals surface area contributed by atoms with Crippen molar-refractivity contribution in [1.29, 1.82) is 0 Å². The number of aliphatic imine (C=N–C) groups is 1. The molecule has 0 spiro atoms. The highest BCUT2D eigenvalue weighted by atomic mass is 32.1. The monoisotopic (exact) mass is 569 g/mol. The zero-order chi connectivity index (χ0) is 27.6. The number of benzodiazepines with no additional fused rings is 1. The van der Waals surface area contributed by atoms with Gasteiger partial charge in [-0.3, -0.25) is 4.79 Å². The van der Waals surface area contributed by atoms with Crippen molar-refractivity contribution < 1.29 is 13.9 Å². The number of para-hydroxylation sites is 1. The van der Waals surface area contributed by atoms with Crippen molar-refractivity contribution in [3.05, 3.63) is 70.7 Å². The number of aromatic nitrogens is 3. The SMILES string of the molecule is O=C1Nc2ccccc2C(c2ccccc2)=N[C@@H]1Nc1nnc(-c2nc(C3CCCCC3)sc2N2CCOCC2)o1. The van der Waals surface area contributed by atoms with E-state index < -0.39 is 6.17 Å². The van der Waals surface area contributed by atoms with Crippen LogP contribution < -0.4 is 15.5 Å². The number of thiazole rings is 1. The van der Waals surface area contributed by atoms with Gasteiger partial charge in [0.1, 0.15) is 5.00 Å². The topological polar surface area (TPSA) is 118 Å². The number of anilines is 3. The minimum Gasteiger partial charge on any atom is -0.402 e. The zero-order valence-electron chi connectivity index (χ0n) is 22.6. The van der Waals surface area contributed by atoms with E-state index in [1.54, 1.807) is 11.3 Å². The fourth-order valence-electron chi connectivity index (χ4n) is 5.65. The highest BCUT2D eigenvalue weighted by Gasteiger charge is 2.30. The largest absolute Gasteiger partial charge is 0.402 e. The summed E-state index contributed by atoms with van der Waals surface area (Å²) in [5.41, 5.74) is 3.84. The zero-order valence-corrected chi connectivity index (χ0v) is 23.4. The third kappa shape index (κ3) is 5.34. The number of fused-ring (bicyclic) bond motifs is 1. The quantitative estimate of drug-likeness (QED) is 0.321. The molecule has 10 nitrogen and oxygen atoms in total. The number of ether oxygens (including phenoxy) is 1. The lowest BCUT2D eigenvalue weighted by Crippen LogP contribution is -2.36. The molecule has 2 aromatic carbocycles. The van der Waals surface area contributed by atoms with Crippen molar-refractivity contribution in [2.45, 2.75) is 44.2 Å². The molecule has 0 radical (unpaired) electrons. The summed E-state index contributed by atoms with van der Waals surface area (Å²) in [7, 11) is 0. The average molecular weight is 570 g/mol. The number of carbonyl (C=O) groups is 1. The van der Waals surface area contributed by atoms with Crippen LogP contribution in [0.5, 0.6) is 0 Å². The summed E-state index contributed by atoms with van der Waals surface area (Å²) >= 11 is 1.73. The Morgan fingerprint density at radius 2 is 1.73 bits per heavy atom. The molecule has 2 aromatic heterocycles. The minimum atomic E-state index is -0.974. The smallest absolute Gasteiger partial charge is 0.317 e. The van der Waals surface area contributed by atoms with Crippen LogP contribution in [-0.4, -0.2) is 59.3 Å². The Labute approximate surface area is 241 Å². The lowest BCUT2D eigenvalue weighted by molar-refractivity contribution is -0.116. The van der Waals surface area contributed by atoms with Crippen LogP contribution in [0.2, 0.25) is 0 Å². The first kappa shape index (κ1) is 25.8. The third-order valence-corrected chi connectivity index (χ3v) is 9.04. The molecule has 1 atom stereocenters. The highest BCUT2D eigenvalue weighted by molar-refractivity contribution is 7.16. The molecule has 11 heteroatoms. The van der Waals surface area contributed by atoms with Gasteiger partial charge >= 0.3 is 6.01 Å². The number of morpholine rings is 1. The molecular formula is C30H31N7O3S. The van der Waals surface area contributed by atoms with E-state index in [0.29, 0.717) is 42.1 Å². The van der Waals surface area contributed by atoms with Gasteiger partial charge in [0.25, 0.3) is 11.8 Å². The maximum absolute atomic E-state index is 13.3. The molecule has 210 valence electrons. The van der Waals surface area contributed by atoms with Crippen molar-refractivity contribution in [1.82, 2.24) is 15.2 Å². The molecule has 2 fully saturated rings. The molecule has 1 saturated heterocycles. The van der Waals surface area contributed by atoms with Gasteiger partial charge in [-0.1, -0.05) is 72.9 Å². The number of carbonyl (C=O) groups excluding carboxylic acids is 1.